The molecule has 0 saturated carbocycles. The highest BCUT2D eigenvalue weighted by Crippen LogP contribution is 2.17. The Bertz CT molecular complexity index is 610. The molecule has 0 radical (unpaired) electrons. The van der Waals surface area contributed by atoms with Gasteiger partial charge in [-0.25, -0.2) is 4.39 Å². The number of aryl methyl sites for hydroxylation is 1. The van der Waals surface area contributed by atoms with Crippen LogP contribution in [0.3, 0.4) is 0 Å². The van der Waals surface area contributed by atoms with E-state index in [1.165, 1.54) is 17.7 Å². The van der Waals surface area contributed by atoms with Crippen LogP contribution in [0.4, 0.5) is 10.1 Å². The van der Waals surface area contributed by atoms with Gasteiger partial charge in [-0.1, -0.05) is 18.2 Å². The summed E-state index contributed by atoms with van der Waals surface area (Å²) in [4.78, 5) is 12.1. The number of thioether (sulfide) groups is 1. The maximum Gasteiger partial charge on any atom is 0.255 e. The Balaban J connectivity index is 2.13. The Labute approximate surface area is 122 Å². The first kappa shape index (κ1) is 14.6. The minimum atomic E-state index is -0.360. The molecule has 1 N–H and O–H groups in total. The number of benzene rings is 2. The fraction of sp³-hybridized carbons (Fsp3) is 0.188. The Morgan fingerprint density at radius 2 is 1.90 bits per heavy atom. The van der Waals surface area contributed by atoms with Crippen molar-refractivity contribution >= 4 is 23.4 Å². The molecule has 1 amide bonds. The number of carbonyl (C=O) groups excluding carboxylic acids is 1. The Morgan fingerprint density at radius 1 is 1.20 bits per heavy atom. The third kappa shape index (κ3) is 3.61. The van der Waals surface area contributed by atoms with Crippen molar-refractivity contribution < 1.29 is 9.18 Å². The Kier molecular flexibility index (Phi) is 4.79. The predicted octanol–water partition coefficient (Wildman–Crippen LogP) is 4.25. The van der Waals surface area contributed by atoms with E-state index in [0.717, 1.165) is 11.3 Å². The van der Waals surface area contributed by atoms with Gasteiger partial charge in [-0.2, -0.15) is 11.8 Å². The lowest BCUT2D eigenvalue weighted by Gasteiger charge is -2.09. The predicted molar refractivity (Wildman–Crippen MR) is 82.8 cm³/mol. The van der Waals surface area contributed by atoms with E-state index in [1.807, 2.05) is 25.3 Å². The van der Waals surface area contributed by atoms with Gasteiger partial charge in [0.15, 0.2) is 0 Å². The lowest BCUT2D eigenvalue weighted by Crippen LogP contribution is -2.12. The van der Waals surface area contributed by atoms with Gasteiger partial charge in [0.2, 0.25) is 0 Å². The molecule has 0 atom stereocenters. The minimum absolute atomic E-state index is 0.227. The maximum absolute atomic E-state index is 13.2. The van der Waals surface area contributed by atoms with Gasteiger partial charge in [0.25, 0.3) is 5.91 Å². The van der Waals surface area contributed by atoms with E-state index in [2.05, 4.69) is 5.32 Å². The van der Waals surface area contributed by atoms with E-state index >= 15 is 0 Å². The molecule has 0 aliphatic heterocycles. The first-order valence-corrected chi connectivity index (χ1v) is 7.65. The third-order valence-corrected chi connectivity index (χ3v) is 3.60. The first-order chi connectivity index (χ1) is 9.60. The molecule has 104 valence electrons. The number of hydrogen-bond donors (Lipinski definition) is 1. The average molecular weight is 289 g/mol. The molecule has 0 spiro atoms. The van der Waals surface area contributed by atoms with Gasteiger partial charge in [-0.15, -0.1) is 0 Å². The quantitative estimate of drug-likeness (QED) is 0.911. The number of nitrogens with one attached hydrogen (secondary N) is 1. The number of amides is 1. The van der Waals surface area contributed by atoms with Gasteiger partial charge in [-0.05, 0) is 48.6 Å². The van der Waals surface area contributed by atoms with E-state index in [-0.39, 0.29) is 11.7 Å². The summed E-state index contributed by atoms with van der Waals surface area (Å²) in [5.74, 6) is 0.334. The van der Waals surface area contributed by atoms with Crippen LogP contribution in [-0.2, 0) is 5.75 Å². The van der Waals surface area contributed by atoms with Gasteiger partial charge in [0, 0.05) is 17.0 Å². The van der Waals surface area contributed by atoms with Crippen LogP contribution in [0.1, 0.15) is 21.5 Å². The van der Waals surface area contributed by atoms with E-state index in [4.69, 9.17) is 0 Å². The molecule has 0 fully saturated rings. The van der Waals surface area contributed by atoms with E-state index in [1.54, 1.807) is 30.0 Å². The molecular weight excluding hydrogens is 273 g/mol. The number of halogens is 1. The highest BCUT2D eigenvalue weighted by molar-refractivity contribution is 7.97. The zero-order valence-corrected chi connectivity index (χ0v) is 12.3. The normalized spacial score (nSPS) is 10.3. The van der Waals surface area contributed by atoms with Crippen LogP contribution in [0.2, 0.25) is 0 Å². The molecule has 2 aromatic carbocycles. The molecular formula is C16H16FNOS. The van der Waals surface area contributed by atoms with Crippen molar-refractivity contribution in [2.75, 3.05) is 11.6 Å². The number of rotatable bonds is 4. The van der Waals surface area contributed by atoms with Crippen molar-refractivity contribution in [3.05, 3.63) is 65.0 Å². The highest BCUT2D eigenvalue weighted by atomic mass is 32.2. The van der Waals surface area contributed by atoms with Gasteiger partial charge < -0.3 is 5.32 Å². The summed E-state index contributed by atoms with van der Waals surface area (Å²) < 4.78 is 13.2. The van der Waals surface area contributed by atoms with Gasteiger partial charge in [0.05, 0.1) is 0 Å². The summed E-state index contributed by atoms with van der Waals surface area (Å²) in [7, 11) is 0. The van der Waals surface area contributed by atoms with Crippen LogP contribution in [0.25, 0.3) is 0 Å². The largest absolute Gasteiger partial charge is 0.322 e. The molecule has 20 heavy (non-hydrogen) atoms. The topological polar surface area (TPSA) is 29.1 Å². The zero-order chi connectivity index (χ0) is 14.5. The fourth-order valence-corrected chi connectivity index (χ4v) is 2.37. The standard InChI is InChI=1S/C16H16FNOS/c1-11-3-8-14(17)9-15(11)18-16(19)13-6-4-12(5-7-13)10-20-2/h3-9H,10H2,1-2H3,(H,18,19). The molecule has 0 bridgehead atoms. The monoisotopic (exact) mass is 289 g/mol. The summed E-state index contributed by atoms with van der Waals surface area (Å²) in [6.07, 6.45) is 2.04. The zero-order valence-electron chi connectivity index (χ0n) is 11.4. The summed E-state index contributed by atoms with van der Waals surface area (Å²) in [6.45, 7) is 1.83. The molecule has 0 aromatic heterocycles. The Hall–Kier alpha value is -1.81. The lowest BCUT2D eigenvalue weighted by atomic mass is 10.1. The molecule has 0 aliphatic carbocycles. The summed E-state index contributed by atoms with van der Waals surface area (Å²) in [6, 6.07) is 11.8. The molecule has 0 aliphatic rings. The van der Waals surface area contributed by atoms with E-state index < -0.39 is 0 Å². The molecule has 0 unspecified atom stereocenters. The highest BCUT2D eigenvalue weighted by Gasteiger charge is 2.08. The number of hydrogen-bond acceptors (Lipinski definition) is 2. The smallest absolute Gasteiger partial charge is 0.255 e. The molecule has 0 heterocycles. The Morgan fingerprint density at radius 3 is 2.55 bits per heavy atom. The maximum atomic E-state index is 13.2. The SMILES string of the molecule is CSCc1ccc(C(=O)Nc2cc(F)ccc2C)cc1. The van der Waals surface area contributed by atoms with Crippen LogP contribution in [0.5, 0.6) is 0 Å². The summed E-state index contributed by atoms with van der Waals surface area (Å²) in [5, 5.41) is 2.73. The van der Waals surface area contributed by atoms with E-state index in [0.29, 0.717) is 11.3 Å². The molecule has 2 rings (SSSR count). The minimum Gasteiger partial charge on any atom is -0.322 e. The first-order valence-electron chi connectivity index (χ1n) is 6.25. The third-order valence-electron chi connectivity index (χ3n) is 2.97. The lowest BCUT2D eigenvalue weighted by molar-refractivity contribution is 0.102. The second-order valence-corrected chi connectivity index (χ2v) is 5.41. The second-order valence-electron chi connectivity index (χ2n) is 4.54. The summed E-state index contributed by atoms with van der Waals surface area (Å²) >= 11 is 1.73. The van der Waals surface area contributed by atoms with Crippen molar-refractivity contribution in [2.45, 2.75) is 12.7 Å². The van der Waals surface area contributed by atoms with Crippen LogP contribution in [0.15, 0.2) is 42.5 Å². The van der Waals surface area contributed by atoms with Gasteiger partial charge in [0.1, 0.15) is 5.82 Å². The van der Waals surface area contributed by atoms with Crippen molar-refractivity contribution in [2.24, 2.45) is 0 Å². The van der Waals surface area contributed by atoms with Gasteiger partial charge in [-0.3, -0.25) is 4.79 Å². The van der Waals surface area contributed by atoms with E-state index in [9.17, 15) is 9.18 Å². The van der Waals surface area contributed by atoms with Crippen LogP contribution in [-0.4, -0.2) is 12.2 Å². The van der Waals surface area contributed by atoms with Crippen molar-refractivity contribution in [3.8, 4) is 0 Å². The number of carbonyl (C=O) groups is 1. The number of anilines is 1. The van der Waals surface area contributed by atoms with Crippen LogP contribution >= 0.6 is 11.8 Å². The van der Waals surface area contributed by atoms with Crippen molar-refractivity contribution in [3.63, 3.8) is 0 Å². The van der Waals surface area contributed by atoms with Crippen molar-refractivity contribution in [1.29, 1.82) is 0 Å². The summed E-state index contributed by atoms with van der Waals surface area (Å²) in [5.41, 5.74) is 3.08. The second kappa shape index (κ2) is 6.57. The van der Waals surface area contributed by atoms with Crippen LogP contribution < -0.4 is 5.32 Å². The average Bonchev–Trinajstić information content (AvgIpc) is 2.44. The van der Waals surface area contributed by atoms with Crippen LogP contribution in [0, 0.1) is 12.7 Å². The molecule has 2 nitrogen and oxygen atoms in total. The molecule has 4 heteroatoms. The van der Waals surface area contributed by atoms with Crippen molar-refractivity contribution in [1.82, 2.24) is 0 Å². The molecule has 0 saturated heterocycles. The fourth-order valence-electron chi connectivity index (χ4n) is 1.84. The molecule has 2 aromatic rings. The van der Waals surface area contributed by atoms with Gasteiger partial charge >= 0.3 is 0 Å².